The summed E-state index contributed by atoms with van der Waals surface area (Å²) in [6, 6.07) is 8.67. The summed E-state index contributed by atoms with van der Waals surface area (Å²) in [5, 5.41) is 0. The van der Waals surface area contributed by atoms with Crippen LogP contribution >= 0.6 is 0 Å². The maximum atomic E-state index is 2.25. The van der Waals surface area contributed by atoms with Gasteiger partial charge in [-0.3, -0.25) is 0 Å². The predicted molar refractivity (Wildman–Crippen MR) is 67.1 cm³/mol. The van der Waals surface area contributed by atoms with E-state index in [2.05, 4.69) is 60.3 Å². The van der Waals surface area contributed by atoms with Gasteiger partial charge in [-0.2, -0.15) is 0 Å². The number of aryl methyl sites for hydroxylation is 1. The second-order valence-corrected chi connectivity index (χ2v) is 4.43. The van der Waals surface area contributed by atoms with Gasteiger partial charge in [-0.05, 0) is 43.0 Å². The fourth-order valence-electron chi connectivity index (χ4n) is 2.19. The van der Waals surface area contributed by atoms with E-state index in [1.165, 1.54) is 22.4 Å². The zero-order valence-corrected chi connectivity index (χ0v) is 9.48. The van der Waals surface area contributed by atoms with Gasteiger partial charge in [0.25, 0.3) is 0 Å². The Morgan fingerprint density at radius 2 is 1.44 bits per heavy atom. The fraction of sp³-hybridized carbons (Fsp3) is 0.200. The van der Waals surface area contributed by atoms with Crippen molar-refractivity contribution < 1.29 is 0 Å². The average molecular weight is 209 g/mol. The van der Waals surface area contributed by atoms with Gasteiger partial charge in [-0.25, -0.2) is 0 Å². The number of aromatic nitrogens is 1. The molecule has 0 saturated carbocycles. The van der Waals surface area contributed by atoms with Crippen molar-refractivity contribution in [3.63, 3.8) is 0 Å². The Morgan fingerprint density at radius 3 is 2.00 bits per heavy atom. The van der Waals surface area contributed by atoms with Gasteiger partial charge in [0.2, 0.25) is 0 Å². The summed E-state index contributed by atoms with van der Waals surface area (Å²) < 4.78 is 2.23. The van der Waals surface area contributed by atoms with Gasteiger partial charge in [0.15, 0.2) is 0 Å². The van der Waals surface area contributed by atoms with Gasteiger partial charge in [-0.1, -0.05) is 29.8 Å². The number of fused-ring (bicyclic) bond motifs is 1. The zero-order chi connectivity index (χ0) is 11.0. The third-order valence-corrected chi connectivity index (χ3v) is 3.18. The Bertz CT molecular complexity index is 504. The van der Waals surface area contributed by atoms with Crippen LogP contribution in [0.2, 0.25) is 0 Å². The van der Waals surface area contributed by atoms with Crippen molar-refractivity contribution >= 4 is 0 Å². The smallest absolute Gasteiger partial charge is 0.0449 e. The lowest BCUT2D eigenvalue weighted by Gasteiger charge is -2.02. The molecular weight excluding hydrogens is 194 g/mol. The van der Waals surface area contributed by atoms with E-state index in [4.69, 9.17) is 0 Å². The van der Waals surface area contributed by atoms with Gasteiger partial charge in [0, 0.05) is 18.1 Å². The summed E-state index contributed by atoms with van der Waals surface area (Å²) in [7, 11) is 0. The molecule has 0 fully saturated rings. The van der Waals surface area contributed by atoms with Crippen LogP contribution in [-0.4, -0.2) is 4.57 Å². The summed E-state index contributed by atoms with van der Waals surface area (Å²) >= 11 is 0. The molecule has 1 aliphatic carbocycles. The normalized spacial score (nSPS) is 13.8. The average Bonchev–Trinajstić information content (AvgIpc) is 2.73. The summed E-state index contributed by atoms with van der Waals surface area (Å²) in [6.45, 7) is 2.12. The van der Waals surface area contributed by atoms with Crippen LogP contribution in [0.1, 0.15) is 16.7 Å². The number of hydrogen-bond acceptors (Lipinski definition) is 0. The molecule has 0 aliphatic heterocycles. The summed E-state index contributed by atoms with van der Waals surface area (Å²) in [5.41, 5.74) is 5.48. The largest absolute Gasteiger partial charge is 0.323 e. The number of nitrogens with zero attached hydrogens (tertiary/aromatic N) is 1. The maximum absolute atomic E-state index is 2.25. The Morgan fingerprint density at radius 1 is 0.875 bits per heavy atom. The van der Waals surface area contributed by atoms with Crippen LogP contribution in [0, 0.1) is 6.92 Å². The second-order valence-electron chi connectivity index (χ2n) is 4.43. The summed E-state index contributed by atoms with van der Waals surface area (Å²) in [4.78, 5) is 0. The number of rotatable bonds is 1. The fourth-order valence-corrected chi connectivity index (χ4v) is 2.19. The van der Waals surface area contributed by atoms with E-state index >= 15 is 0 Å². The third-order valence-electron chi connectivity index (χ3n) is 3.18. The summed E-state index contributed by atoms with van der Waals surface area (Å²) in [6.07, 6.45) is 11.2. The van der Waals surface area contributed by atoms with Crippen molar-refractivity contribution in [3.8, 4) is 5.69 Å². The van der Waals surface area contributed by atoms with E-state index in [0.717, 1.165) is 12.8 Å². The zero-order valence-electron chi connectivity index (χ0n) is 9.48. The lowest BCUT2D eigenvalue weighted by molar-refractivity contribution is 1.07. The van der Waals surface area contributed by atoms with Crippen LogP contribution < -0.4 is 0 Å². The number of hydrogen-bond donors (Lipinski definition) is 0. The van der Waals surface area contributed by atoms with Crippen LogP contribution in [0.5, 0.6) is 0 Å². The first-order chi connectivity index (χ1) is 7.83. The quantitative estimate of drug-likeness (QED) is 0.634. The molecule has 0 radical (unpaired) electrons. The number of benzene rings is 1. The lowest BCUT2D eigenvalue weighted by atomic mass is 10.0. The van der Waals surface area contributed by atoms with Crippen LogP contribution in [-0.2, 0) is 12.8 Å². The first kappa shape index (κ1) is 9.46. The Balaban J connectivity index is 2.01. The molecule has 1 aliphatic rings. The van der Waals surface area contributed by atoms with Crippen LogP contribution in [0.3, 0.4) is 0 Å². The maximum Gasteiger partial charge on any atom is 0.0449 e. The topological polar surface area (TPSA) is 4.93 Å². The molecule has 1 aromatic carbocycles. The van der Waals surface area contributed by atoms with Gasteiger partial charge in [0.05, 0.1) is 0 Å². The molecular formula is C15H15N. The molecule has 0 amide bonds. The van der Waals surface area contributed by atoms with Gasteiger partial charge in [0.1, 0.15) is 0 Å². The first-order valence-electron chi connectivity index (χ1n) is 5.75. The first-order valence-corrected chi connectivity index (χ1v) is 5.75. The minimum atomic E-state index is 1.08. The highest BCUT2D eigenvalue weighted by Crippen LogP contribution is 2.20. The third kappa shape index (κ3) is 1.58. The molecule has 1 heteroatoms. The minimum Gasteiger partial charge on any atom is -0.323 e. The van der Waals surface area contributed by atoms with E-state index in [-0.39, 0.29) is 0 Å². The minimum absolute atomic E-state index is 1.08. The summed E-state index contributed by atoms with van der Waals surface area (Å²) in [5.74, 6) is 0. The highest BCUT2D eigenvalue weighted by atomic mass is 14.9. The molecule has 16 heavy (non-hydrogen) atoms. The highest BCUT2D eigenvalue weighted by molar-refractivity contribution is 5.40. The SMILES string of the molecule is Cc1ccc(-n2cc3c(c2)CC=CC3)cc1. The molecule has 3 rings (SSSR count). The van der Waals surface area contributed by atoms with Crippen molar-refractivity contribution in [1.82, 2.24) is 4.57 Å². The predicted octanol–water partition coefficient (Wildman–Crippen LogP) is 3.44. The van der Waals surface area contributed by atoms with E-state index in [1.807, 2.05) is 0 Å². The van der Waals surface area contributed by atoms with E-state index < -0.39 is 0 Å². The monoisotopic (exact) mass is 209 g/mol. The van der Waals surface area contributed by atoms with Crippen LogP contribution in [0.15, 0.2) is 48.8 Å². The molecule has 0 atom stereocenters. The van der Waals surface area contributed by atoms with E-state index in [9.17, 15) is 0 Å². The lowest BCUT2D eigenvalue weighted by Crippen LogP contribution is -1.90. The molecule has 2 aromatic rings. The second kappa shape index (κ2) is 3.67. The van der Waals surface area contributed by atoms with Crippen molar-refractivity contribution in [2.75, 3.05) is 0 Å². The van der Waals surface area contributed by atoms with Crippen molar-refractivity contribution in [3.05, 3.63) is 65.5 Å². The van der Waals surface area contributed by atoms with E-state index in [0.29, 0.717) is 0 Å². The Hall–Kier alpha value is -1.76. The molecule has 0 saturated heterocycles. The Labute approximate surface area is 96.0 Å². The van der Waals surface area contributed by atoms with Gasteiger partial charge >= 0.3 is 0 Å². The van der Waals surface area contributed by atoms with Crippen molar-refractivity contribution in [2.45, 2.75) is 19.8 Å². The molecule has 0 bridgehead atoms. The highest BCUT2D eigenvalue weighted by Gasteiger charge is 2.08. The number of allylic oxidation sites excluding steroid dienone is 2. The van der Waals surface area contributed by atoms with E-state index in [1.54, 1.807) is 0 Å². The molecule has 0 unspecified atom stereocenters. The van der Waals surface area contributed by atoms with Crippen LogP contribution in [0.4, 0.5) is 0 Å². The van der Waals surface area contributed by atoms with Gasteiger partial charge in [-0.15, -0.1) is 0 Å². The standard InChI is InChI=1S/C15H15N/c1-12-6-8-15(9-7-12)16-10-13-4-2-3-5-14(13)11-16/h2-3,6-11H,4-5H2,1H3. The molecule has 1 nitrogen and oxygen atoms in total. The van der Waals surface area contributed by atoms with Crippen LogP contribution in [0.25, 0.3) is 5.69 Å². The molecule has 1 aromatic heterocycles. The van der Waals surface area contributed by atoms with Gasteiger partial charge < -0.3 is 4.57 Å². The molecule has 1 heterocycles. The van der Waals surface area contributed by atoms with Crippen molar-refractivity contribution in [2.24, 2.45) is 0 Å². The molecule has 80 valence electrons. The molecule has 0 N–H and O–H groups in total. The molecule has 0 spiro atoms. The van der Waals surface area contributed by atoms with Crippen molar-refractivity contribution in [1.29, 1.82) is 0 Å². The Kier molecular flexibility index (Phi) is 2.17.